The van der Waals surface area contributed by atoms with Crippen LogP contribution in [-0.2, 0) is 4.74 Å². The zero-order valence-electron chi connectivity index (χ0n) is 14.2. The van der Waals surface area contributed by atoms with Gasteiger partial charge in [0.05, 0.1) is 14.2 Å². The van der Waals surface area contributed by atoms with E-state index in [1.54, 1.807) is 31.4 Å². The summed E-state index contributed by atoms with van der Waals surface area (Å²) >= 11 is 0. The molecule has 1 heterocycles. The minimum atomic E-state index is -0.678. The molecular weight excluding hydrogens is 341 g/mol. The Kier molecular flexibility index (Phi) is 4.88. The summed E-state index contributed by atoms with van der Waals surface area (Å²) in [7, 11) is 2.88. The molecule has 0 aliphatic carbocycles. The summed E-state index contributed by atoms with van der Waals surface area (Å²) < 4.78 is 28.6. The lowest BCUT2D eigenvalue weighted by molar-refractivity contribution is 0.0470. The Morgan fingerprint density at radius 3 is 2.54 bits per heavy atom. The van der Waals surface area contributed by atoms with Crippen molar-refractivity contribution in [2.75, 3.05) is 20.8 Å². The summed E-state index contributed by atoms with van der Waals surface area (Å²) in [6, 6.07) is 10.7. The molecule has 26 heavy (non-hydrogen) atoms. The summed E-state index contributed by atoms with van der Waals surface area (Å²) in [4.78, 5) is 27.1. The van der Waals surface area contributed by atoms with Crippen LogP contribution >= 0.6 is 0 Å². The molecule has 0 radical (unpaired) electrons. The van der Waals surface area contributed by atoms with Crippen molar-refractivity contribution in [2.24, 2.45) is 0 Å². The standard InChI is InChI=1S/C19H16FNO5/c1-24-13-5-3-11-8-16(21-15(11)9-13)19(23)26-10-17(22)12-4-6-18(25-2)14(20)7-12/h3-9,21H,10H2,1-2H3. The number of ketones is 1. The van der Waals surface area contributed by atoms with Crippen molar-refractivity contribution >= 4 is 22.7 Å². The number of hydrogen-bond donors (Lipinski definition) is 1. The number of fused-ring (bicyclic) bond motifs is 1. The van der Waals surface area contributed by atoms with Gasteiger partial charge in [-0.15, -0.1) is 0 Å². The monoisotopic (exact) mass is 357 g/mol. The molecule has 0 amide bonds. The first-order valence-corrected chi connectivity index (χ1v) is 7.72. The molecule has 6 nitrogen and oxygen atoms in total. The fourth-order valence-corrected chi connectivity index (χ4v) is 2.48. The Balaban J connectivity index is 1.68. The highest BCUT2D eigenvalue weighted by Crippen LogP contribution is 2.22. The van der Waals surface area contributed by atoms with Gasteiger partial charge in [0.25, 0.3) is 0 Å². The van der Waals surface area contributed by atoms with E-state index in [9.17, 15) is 14.0 Å². The van der Waals surface area contributed by atoms with Crippen LogP contribution < -0.4 is 9.47 Å². The fraction of sp³-hybridized carbons (Fsp3) is 0.158. The smallest absolute Gasteiger partial charge is 0.355 e. The average Bonchev–Trinajstić information content (AvgIpc) is 3.08. The lowest BCUT2D eigenvalue weighted by Gasteiger charge is -2.05. The molecule has 0 fully saturated rings. The number of nitrogens with one attached hydrogen (secondary N) is 1. The van der Waals surface area contributed by atoms with Crippen LogP contribution in [0, 0.1) is 5.82 Å². The first-order valence-electron chi connectivity index (χ1n) is 7.72. The van der Waals surface area contributed by atoms with E-state index >= 15 is 0 Å². The first-order chi connectivity index (χ1) is 12.5. The third-order valence-electron chi connectivity index (χ3n) is 3.86. The zero-order valence-corrected chi connectivity index (χ0v) is 14.2. The maximum absolute atomic E-state index is 13.7. The van der Waals surface area contributed by atoms with E-state index in [2.05, 4.69) is 4.98 Å². The number of H-pyrrole nitrogens is 1. The molecule has 1 aromatic heterocycles. The Morgan fingerprint density at radius 2 is 1.85 bits per heavy atom. The van der Waals surface area contributed by atoms with Gasteiger partial charge in [-0.25, -0.2) is 9.18 Å². The number of carbonyl (C=O) groups is 2. The maximum Gasteiger partial charge on any atom is 0.355 e. The number of rotatable bonds is 6. The van der Waals surface area contributed by atoms with Gasteiger partial charge < -0.3 is 19.2 Å². The van der Waals surface area contributed by atoms with Gasteiger partial charge in [0, 0.05) is 22.5 Å². The van der Waals surface area contributed by atoms with E-state index in [1.807, 2.05) is 0 Å². The van der Waals surface area contributed by atoms with E-state index in [1.165, 1.54) is 19.2 Å². The summed E-state index contributed by atoms with van der Waals surface area (Å²) in [5.74, 6) is -1.17. The lowest BCUT2D eigenvalue weighted by Crippen LogP contribution is -2.14. The van der Waals surface area contributed by atoms with E-state index in [4.69, 9.17) is 14.2 Å². The quantitative estimate of drug-likeness (QED) is 0.541. The van der Waals surface area contributed by atoms with Crippen molar-refractivity contribution in [1.29, 1.82) is 0 Å². The molecule has 0 atom stereocenters. The summed E-state index contributed by atoms with van der Waals surface area (Å²) in [6.07, 6.45) is 0. The number of benzene rings is 2. The van der Waals surface area contributed by atoms with Gasteiger partial charge in [-0.05, 0) is 36.4 Å². The largest absolute Gasteiger partial charge is 0.497 e. The zero-order chi connectivity index (χ0) is 18.7. The normalized spacial score (nSPS) is 10.6. The molecule has 3 rings (SSSR count). The molecule has 1 N–H and O–H groups in total. The van der Waals surface area contributed by atoms with Crippen LogP contribution in [0.3, 0.4) is 0 Å². The Hall–Kier alpha value is -3.35. The molecule has 2 aromatic carbocycles. The SMILES string of the molecule is COc1ccc2cc(C(=O)OCC(=O)c3ccc(OC)c(F)c3)[nH]c2c1. The molecule has 0 unspecified atom stereocenters. The van der Waals surface area contributed by atoms with Crippen LogP contribution in [0.2, 0.25) is 0 Å². The number of Topliss-reactive ketones (excluding diaryl/α,β-unsaturated/α-hetero) is 1. The molecule has 0 spiro atoms. The van der Waals surface area contributed by atoms with Gasteiger partial charge >= 0.3 is 5.97 Å². The number of hydrogen-bond acceptors (Lipinski definition) is 5. The van der Waals surface area contributed by atoms with Crippen LogP contribution in [0.5, 0.6) is 11.5 Å². The number of ether oxygens (including phenoxy) is 3. The summed E-state index contributed by atoms with van der Waals surface area (Å²) in [5, 5.41) is 0.807. The Morgan fingerprint density at radius 1 is 1.04 bits per heavy atom. The maximum atomic E-state index is 13.7. The minimum absolute atomic E-state index is 0.0343. The van der Waals surface area contributed by atoms with E-state index in [0.29, 0.717) is 11.3 Å². The van der Waals surface area contributed by atoms with Crippen molar-refractivity contribution in [2.45, 2.75) is 0 Å². The van der Waals surface area contributed by atoms with Crippen molar-refractivity contribution in [3.8, 4) is 11.5 Å². The topological polar surface area (TPSA) is 77.6 Å². The van der Waals surface area contributed by atoms with Crippen LogP contribution in [0.15, 0.2) is 42.5 Å². The number of halogens is 1. The van der Waals surface area contributed by atoms with Crippen molar-refractivity contribution in [3.05, 3.63) is 59.5 Å². The fourth-order valence-electron chi connectivity index (χ4n) is 2.48. The molecule has 0 saturated carbocycles. The second kappa shape index (κ2) is 7.26. The lowest BCUT2D eigenvalue weighted by atomic mass is 10.1. The predicted molar refractivity (Wildman–Crippen MR) is 92.4 cm³/mol. The third-order valence-corrected chi connectivity index (χ3v) is 3.86. The average molecular weight is 357 g/mol. The molecule has 0 aliphatic heterocycles. The minimum Gasteiger partial charge on any atom is -0.497 e. The number of aromatic nitrogens is 1. The summed E-state index contributed by atoms with van der Waals surface area (Å²) in [5.41, 5.74) is 1.01. The van der Waals surface area contributed by atoms with Crippen LogP contribution in [-0.4, -0.2) is 37.6 Å². The highest BCUT2D eigenvalue weighted by Gasteiger charge is 2.15. The number of methoxy groups -OCH3 is 2. The van der Waals surface area contributed by atoms with Crippen LogP contribution in [0.1, 0.15) is 20.8 Å². The highest BCUT2D eigenvalue weighted by atomic mass is 19.1. The van der Waals surface area contributed by atoms with Gasteiger partial charge in [-0.1, -0.05) is 0 Å². The molecule has 134 valence electrons. The molecule has 0 saturated heterocycles. The molecule has 7 heteroatoms. The van der Waals surface area contributed by atoms with Gasteiger partial charge in [-0.2, -0.15) is 0 Å². The highest BCUT2D eigenvalue weighted by molar-refractivity contribution is 6.00. The Bertz CT molecular complexity index is 979. The van der Waals surface area contributed by atoms with Crippen molar-refractivity contribution < 1.29 is 28.2 Å². The van der Waals surface area contributed by atoms with E-state index in [-0.39, 0.29) is 17.0 Å². The van der Waals surface area contributed by atoms with Gasteiger partial charge in [0.1, 0.15) is 11.4 Å². The third kappa shape index (κ3) is 3.51. The molecular formula is C19H16FNO5. The molecule has 0 aliphatic rings. The van der Waals surface area contributed by atoms with Gasteiger partial charge in [-0.3, -0.25) is 4.79 Å². The summed E-state index contributed by atoms with van der Waals surface area (Å²) in [6.45, 7) is -0.497. The van der Waals surface area contributed by atoms with Crippen molar-refractivity contribution in [3.63, 3.8) is 0 Å². The van der Waals surface area contributed by atoms with Crippen LogP contribution in [0.25, 0.3) is 10.9 Å². The van der Waals surface area contributed by atoms with E-state index in [0.717, 1.165) is 11.5 Å². The van der Waals surface area contributed by atoms with Crippen molar-refractivity contribution in [1.82, 2.24) is 4.98 Å². The first kappa shape index (κ1) is 17.5. The number of aromatic amines is 1. The molecule has 3 aromatic rings. The second-order valence-electron chi connectivity index (χ2n) is 5.48. The second-order valence-corrected chi connectivity index (χ2v) is 5.48. The van der Waals surface area contributed by atoms with Gasteiger partial charge in [0.2, 0.25) is 0 Å². The number of carbonyl (C=O) groups excluding carboxylic acids is 2. The van der Waals surface area contributed by atoms with Gasteiger partial charge in [0.15, 0.2) is 24.0 Å². The number of esters is 1. The predicted octanol–water partition coefficient (Wildman–Crippen LogP) is 3.36. The van der Waals surface area contributed by atoms with Crippen LogP contribution in [0.4, 0.5) is 4.39 Å². The van der Waals surface area contributed by atoms with E-state index < -0.39 is 24.2 Å². The Labute approximate surface area is 148 Å². The molecule has 0 bridgehead atoms.